The van der Waals surface area contributed by atoms with Crippen molar-refractivity contribution in [1.82, 2.24) is 15.2 Å². The molecule has 4 aliphatic rings. The van der Waals surface area contributed by atoms with E-state index in [2.05, 4.69) is 29.0 Å². The van der Waals surface area contributed by atoms with E-state index in [0.717, 1.165) is 54.9 Å². The van der Waals surface area contributed by atoms with E-state index >= 15 is 0 Å². The second kappa shape index (κ2) is 8.28. The second-order valence-corrected chi connectivity index (χ2v) is 9.78. The van der Waals surface area contributed by atoms with Crippen LogP contribution >= 0.6 is 0 Å². The number of rotatable bonds is 4. The molecule has 3 fully saturated rings. The number of pyridine rings is 1. The highest BCUT2D eigenvalue weighted by Crippen LogP contribution is 2.44. The number of aromatic nitrogens is 1. The number of alkyl carbamates (subject to hydrolysis) is 1. The fourth-order valence-electron chi connectivity index (χ4n) is 5.15. The van der Waals surface area contributed by atoms with Gasteiger partial charge < -0.3 is 19.5 Å². The topological polar surface area (TPSA) is 72.9 Å². The van der Waals surface area contributed by atoms with Gasteiger partial charge in [0.1, 0.15) is 11.9 Å². The van der Waals surface area contributed by atoms with Crippen molar-refractivity contribution in [1.29, 1.82) is 0 Å². The number of carbonyl (C=O) groups is 1. The van der Waals surface area contributed by atoms with Crippen molar-refractivity contribution in [2.45, 2.75) is 38.8 Å². The van der Waals surface area contributed by atoms with Crippen LogP contribution in [0.4, 0.5) is 4.79 Å². The maximum atomic E-state index is 12.9. The summed E-state index contributed by atoms with van der Waals surface area (Å²) in [7, 11) is 1.61. The Morgan fingerprint density at radius 2 is 1.97 bits per heavy atom. The van der Waals surface area contributed by atoms with E-state index in [1.165, 1.54) is 0 Å². The minimum atomic E-state index is -0.336. The molecule has 1 aromatic carbocycles. The van der Waals surface area contributed by atoms with Crippen LogP contribution in [-0.2, 0) is 4.74 Å². The van der Waals surface area contributed by atoms with Crippen LogP contribution in [0.5, 0.6) is 11.6 Å². The zero-order chi connectivity index (χ0) is 22.3. The molecule has 3 saturated heterocycles. The van der Waals surface area contributed by atoms with Gasteiger partial charge in [-0.25, -0.2) is 9.78 Å². The minimum Gasteiger partial charge on any atom is -0.493 e. The van der Waals surface area contributed by atoms with Gasteiger partial charge in [0.15, 0.2) is 0 Å². The molecule has 1 amide bonds. The van der Waals surface area contributed by atoms with Crippen molar-refractivity contribution in [3.05, 3.63) is 42.1 Å². The highest BCUT2D eigenvalue weighted by Gasteiger charge is 2.41. The Kier molecular flexibility index (Phi) is 5.45. The van der Waals surface area contributed by atoms with Crippen LogP contribution in [0, 0.1) is 11.3 Å². The van der Waals surface area contributed by atoms with E-state index in [-0.39, 0.29) is 23.7 Å². The van der Waals surface area contributed by atoms with Crippen molar-refractivity contribution in [2.75, 3.05) is 33.4 Å². The molecule has 0 saturated carbocycles. The van der Waals surface area contributed by atoms with Crippen molar-refractivity contribution in [3.63, 3.8) is 0 Å². The van der Waals surface area contributed by atoms with Gasteiger partial charge in [0.25, 0.3) is 0 Å². The third-order valence-electron chi connectivity index (χ3n) is 7.10. The molecule has 2 aromatic rings. The van der Waals surface area contributed by atoms with Crippen molar-refractivity contribution in [3.8, 4) is 22.8 Å². The third kappa shape index (κ3) is 4.01. The average molecular weight is 438 g/mol. The molecule has 1 aromatic heterocycles. The van der Waals surface area contributed by atoms with E-state index < -0.39 is 0 Å². The van der Waals surface area contributed by atoms with Crippen LogP contribution < -0.4 is 14.8 Å². The van der Waals surface area contributed by atoms with Crippen LogP contribution in [0.15, 0.2) is 36.5 Å². The largest absolute Gasteiger partial charge is 0.493 e. The van der Waals surface area contributed by atoms with Gasteiger partial charge >= 0.3 is 6.09 Å². The first-order chi connectivity index (χ1) is 15.4. The Labute approximate surface area is 189 Å². The summed E-state index contributed by atoms with van der Waals surface area (Å²) in [6, 6.07) is 9.75. The van der Waals surface area contributed by atoms with E-state index in [1.807, 2.05) is 30.3 Å². The van der Waals surface area contributed by atoms with Crippen molar-refractivity contribution in [2.24, 2.45) is 11.3 Å². The van der Waals surface area contributed by atoms with Gasteiger partial charge in [0.2, 0.25) is 5.88 Å². The van der Waals surface area contributed by atoms with Crippen molar-refractivity contribution >= 4 is 6.09 Å². The summed E-state index contributed by atoms with van der Waals surface area (Å²) in [5.74, 6) is 1.84. The number of piperidine rings is 3. The van der Waals surface area contributed by atoms with Crippen LogP contribution in [0.2, 0.25) is 0 Å². The van der Waals surface area contributed by atoms with E-state index in [1.54, 1.807) is 13.3 Å². The number of benzene rings is 1. The van der Waals surface area contributed by atoms with Crippen LogP contribution in [-0.4, -0.2) is 55.4 Å². The molecule has 0 aliphatic carbocycles. The number of hydrogen-bond acceptors (Lipinski definition) is 6. The summed E-state index contributed by atoms with van der Waals surface area (Å²) >= 11 is 0. The van der Waals surface area contributed by atoms with Crippen LogP contribution in [0.1, 0.15) is 38.3 Å². The van der Waals surface area contributed by atoms with Gasteiger partial charge in [0.05, 0.1) is 19.8 Å². The Bertz CT molecular complexity index is 1000. The summed E-state index contributed by atoms with van der Waals surface area (Å²) in [5.41, 5.74) is 2.72. The quantitative estimate of drug-likeness (QED) is 0.778. The molecule has 2 bridgehead atoms. The lowest BCUT2D eigenvalue weighted by molar-refractivity contribution is -0.0361. The van der Waals surface area contributed by atoms with E-state index in [0.29, 0.717) is 18.4 Å². The van der Waals surface area contributed by atoms with Gasteiger partial charge in [-0.3, -0.25) is 4.90 Å². The second-order valence-electron chi connectivity index (χ2n) is 9.78. The lowest BCUT2D eigenvalue weighted by Gasteiger charge is -2.44. The number of nitrogens with one attached hydrogen (secondary N) is 1. The van der Waals surface area contributed by atoms with E-state index in [4.69, 9.17) is 14.2 Å². The SMILES string of the molecule is COc1cc(-c2ccc3c(c2)OCC(C)(C)C3NC(=O)O[C@@H]2CN3CCC2CC3)ccn1. The molecule has 7 nitrogen and oxygen atoms in total. The molecule has 6 rings (SSSR count). The first-order valence-electron chi connectivity index (χ1n) is 11.4. The van der Waals surface area contributed by atoms with Crippen molar-refractivity contribution < 1.29 is 19.0 Å². The smallest absolute Gasteiger partial charge is 0.407 e. The summed E-state index contributed by atoms with van der Waals surface area (Å²) in [4.78, 5) is 19.5. The number of amides is 1. The molecule has 0 spiro atoms. The Morgan fingerprint density at radius 3 is 2.69 bits per heavy atom. The highest BCUT2D eigenvalue weighted by atomic mass is 16.6. The van der Waals surface area contributed by atoms with Gasteiger partial charge in [-0.1, -0.05) is 26.0 Å². The lowest BCUT2D eigenvalue weighted by atomic mass is 9.78. The first-order valence-corrected chi connectivity index (χ1v) is 11.4. The molecule has 1 N–H and O–H groups in total. The van der Waals surface area contributed by atoms with Gasteiger partial charge in [0, 0.05) is 29.8 Å². The van der Waals surface area contributed by atoms with Gasteiger partial charge in [-0.15, -0.1) is 0 Å². The molecule has 4 aliphatic heterocycles. The predicted octanol–water partition coefficient (Wildman–Crippen LogP) is 4.04. The summed E-state index contributed by atoms with van der Waals surface area (Å²) < 4.78 is 17.3. The molecular weight excluding hydrogens is 406 g/mol. The normalized spacial score (nSPS) is 27.7. The molecule has 5 heterocycles. The maximum Gasteiger partial charge on any atom is 0.407 e. The number of methoxy groups -OCH3 is 1. The first kappa shape index (κ1) is 21.1. The molecule has 7 heteroatoms. The monoisotopic (exact) mass is 437 g/mol. The predicted molar refractivity (Wildman–Crippen MR) is 121 cm³/mol. The number of fused-ring (bicyclic) bond motifs is 4. The Hall–Kier alpha value is -2.80. The highest BCUT2D eigenvalue weighted by molar-refractivity contribution is 5.70. The Balaban J connectivity index is 1.35. The summed E-state index contributed by atoms with van der Waals surface area (Å²) in [6.45, 7) is 7.82. The zero-order valence-electron chi connectivity index (χ0n) is 19.0. The molecule has 170 valence electrons. The van der Waals surface area contributed by atoms with E-state index in [9.17, 15) is 4.79 Å². The molecule has 32 heavy (non-hydrogen) atoms. The van der Waals surface area contributed by atoms with Gasteiger partial charge in [-0.2, -0.15) is 0 Å². The number of hydrogen-bond donors (Lipinski definition) is 1. The standard InChI is InChI=1S/C25H31N3O4/c1-25(2)15-31-20-12-17(18-6-9-26-22(13-18)30-3)4-5-19(20)23(25)27-24(29)32-21-14-28-10-7-16(21)8-11-28/h4-6,9,12-13,16,21,23H,7-8,10-11,14-15H2,1-3H3,(H,27,29)/t21-,23?/m1/s1. The zero-order valence-corrected chi connectivity index (χ0v) is 19.0. The lowest BCUT2D eigenvalue weighted by Crippen LogP contribution is -2.53. The number of ether oxygens (including phenoxy) is 3. The number of carbonyl (C=O) groups excluding carboxylic acids is 1. The fraction of sp³-hybridized carbons (Fsp3) is 0.520. The summed E-state index contributed by atoms with van der Waals surface area (Å²) in [5, 5.41) is 3.16. The molecule has 0 radical (unpaired) electrons. The van der Waals surface area contributed by atoms with Gasteiger partial charge in [-0.05, 0) is 55.1 Å². The average Bonchev–Trinajstić information content (AvgIpc) is 2.81. The van der Waals surface area contributed by atoms with Crippen LogP contribution in [0.3, 0.4) is 0 Å². The van der Waals surface area contributed by atoms with Crippen LogP contribution in [0.25, 0.3) is 11.1 Å². The minimum absolute atomic E-state index is 0.0102. The molecule has 2 atom stereocenters. The fourth-order valence-corrected chi connectivity index (χ4v) is 5.15. The maximum absolute atomic E-state index is 12.9. The summed E-state index contributed by atoms with van der Waals surface area (Å²) in [6.07, 6.45) is 3.62. The molecular formula is C25H31N3O4. The third-order valence-corrected chi connectivity index (χ3v) is 7.10. The molecule has 1 unspecified atom stereocenters. The Morgan fingerprint density at radius 1 is 1.19 bits per heavy atom. The number of nitrogens with zero attached hydrogens (tertiary/aromatic N) is 2.